The van der Waals surface area contributed by atoms with Crippen molar-refractivity contribution in [3.63, 3.8) is 0 Å². The second kappa shape index (κ2) is 4.33. The van der Waals surface area contributed by atoms with Gasteiger partial charge in [0.2, 0.25) is 0 Å². The van der Waals surface area contributed by atoms with E-state index in [9.17, 15) is 8.78 Å². The fourth-order valence-electron chi connectivity index (χ4n) is 1.89. The lowest BCUT2D eigenvalue weighted by Crippen LogP contribution is -2.25. The van der Waals surface area contributed by atoms with Crippen LogP contribution in [0.3, 0.4) is 0 Å². The van der Waals surface area contributed by atoms with Gasteiger partial charge in [0.15, 0.2) is 0 Å². The first kappa shape index (κ1) is 11.3. The highest BCUT2D eigenvalue weighted by molar-refractivity contribution is 5.42. The molecule has 1 fully saturated rings. The highest BCUT2D eigenvalue weighted by Crippen LogP contribution is 2.27. The number of nitrogens with zero attached hydrogens (tertiary/aromatic N) is 2. The van der Waals surface area contributed by atoms with Gasteiger partial charge in [0.1, 0.15) is 0 Å². The molecule has 1 saturated heterocycles. The number of halogens is 2. The molecular formula is C11H15F2N3. The highest BCUT2D eigenvalue weighted by atomic mass is 19.3. The van der Waals surface area contributed by atoms with E-state index in [2.05, 4.69) is 10.3 Å². The van der Waals surface area contributed by atoms with Crippen molar-refractivity contribution in [3.05, 3.63) is 24.0 Å². The number of anilines is 1. The summed E-state index contributed by atoms with van der Waals surface area (Å²) in [5.41, 5.74) is 1.78. The summed E-state index contributed by atoms with van der Waals surface area (Å²) in [5, 5.41) is 3.00. The lowest BCUT2D eigenvalue weighted by Gasteiger charge is -2.15. The predicted molar refractivity (Wildman–Crippen MR) is 58.6 cm³/mol. The van der Waals surface area contributed by atoms with Crippen LogP contribution in [0.1, 0.15) is 12.1 Å². The molecule has 2 rings (SSSR count). The van der Waals surface area contributed by atoms with E-state index in [-0.39, 0.29) is 13.0 Å². The molecule has 0 spiro atoms. The minimum atomic E-state index is -2.53. The second-order valence-electron chi connectivity index (χ2n) is 4.10. The van der Waals surface area contributed by atoms with Gasteiger partial charge < -0.3 is 5.32 Å². The molecule has 0 amide bonds. The molecule has 1 aromatic rings. The zero-order valence-electron chi connectivity index (χ0n) is 9.21. The number of alkyl halides is 2. The second-order valence-corrected chi connectivity index (χ2v) is 4.10. The summed E-state index contributed by atoms with van der Waals surface area (Å²) in [6, 6.07) is 3.73. The third kappa shape index (κ3) is 2.66. The van der Waals surface area contributed by atoms with Crippen LogP contribution >= 0.6 is 0 Å². The minimum absolute atomic E-state index is 0.0429. The Balaban J connectivity index is 1.99. The monoisotopic (exact) mass is 227 g/mol. The first-order valence-corrected chi connectivity index (χ1v) is 5.32. The summed E-state index contributed by atoms with van der Waals surface area (Å²) < 4.78 is 25.9. The molecule has 1 N–H and O–H groups in total. The Morgan fingerprint density at radius 2 is 2.38 bits per heavy atom. The van der Waals surface area contributed by atoms with Crippen LogP contribution in [0.15, 0.2) is 18.3 Å². The van der Waals surface area contributed by atoms with Crippen LogP contribution in [-0.4, -0.2) is 35.9 Å². The van der Waals surface area contributed by atoms with E-state index < -0.39 is 5.92 Å². The highest BCUT2D eigenvalue weighted by Gasteiger charge is 2.37. The average molecular weight is 227 g/mol. The summed E-state index contributed by atoms with van der Waals surface area (Å²) >= 11 is 0. The van der Waals surface area contributed by atoms with Gasteiger partial charge >= 0.3 is 0 Å². The Morgan fingerprint density at radius 1 is 1.56 bits per heavy atom. The quantitative estimate of drug-likeness (QED) is 0.855. The normalized spacial score (nSPS) is 19.9. The maximum atomic E-state index is 13.0. The molecule has 5 heteroatoms. The number of likely N-dealkylation sites (tertiary alicyclic amines) is 1. The van der Waals surface area contributed by atoms with Crippen molar-refractivity contribution in [1.29, 1.82) is 0 Å². The van der Waals surface area contributed by atoms with Crippen molar-refractivity contribution < 1.29 is 8.78 Å². The fraction of sp³-hybridized carbons (Fsp3) is 0.545. The summed E-state index contributed by atoms with van der Waals surface area (Å²) in [5.74, 6) is -2.53. The van der Waals surface area contributed by atoms with Crippen LogP contribution in [-0.2, 0) is 6.54 Å². The topological polar surface area (TPSA) is 28.2 Å². The molecule has 16 heavy (non-hydrogen) atoms. The molecule has 0 unspecified atom stereocenters. The van der Waals surface area contributed by atoms with Gasteiger partial charge in [-0.05, 0) is 12.1 Å². The van der Waals surface area contributed by atoms with Crippen LogP contribution < -0.4 is 5.32 Å². The molecule has 0 atom stereocenters. The first-order valence-electron chi connectivity index (χ1n) is 5.32. The van der Waals surface area contributed by atoms with Gasteiger partial charge in [-0.25, -0.2) is 8.78 Å². The van der Waals surface area contributed by atoms with Crippen LogP contribution in [0.2, 0.25) is 0 Å². The Labute approximate surface area is 93.5 Å². The number of rotatable bonds is 3. The summed E-state index contributed by atoms with van der Waals surface area (Å²) in [4.78, 5) is 5.91. The van der Waals surface area contributed by atoms with E-state index >= 15 is 0 Å². The van der Waals surface area contributed by atoms with Crippen LogP contribution in [0.5, 0.6) is 0 Å². The molecule has 1 aromatic heterocycles. The Morgan fingerprint density at radius 3 is 3.00 bits per heavy atom. The van der Waals surface area contributed by atoms with E-state index in [0.29, 0.717) is 13.1 Å². The van der Waals surface area contributed by atoms with E-state index in [1.54, 1.807) is 11.1 Å². The number of hydrogen-bond acceptors (Lipinski definition) is 3. The first-order chi connectivity index (χ1) is 7.59. The smallest absolute Gasteiger partial charge is 0.261 e. The van der Waals surface area contributed by atoms with Crippen molar-refractivity contribution >= 4 is 5.69 Å². The zero-order chi connectivity index (χ0) is 11.6. The molecule has 2 heterocycles. The summed E-state index contributed by atoms with van der Waals surface area (Å²) in [7, 11) is 1.82. The lowest BCUT2D eigenvalue weighted by molar-refractivity contribution is 0.0114. The van der Waals surface area contributed by atoms with Crippen molar-refractivity contribution in [2.75, 3.05) is 25.5 Å². The Bertz CT molecular complexity index is 368. The third-order valence-electron chi connectivity index (χ3n) is 2.74. The molecule has 88 valence electrons. The fourth-order valence-corrected chi connectivity index (χ4v) is 1.89. The van der Waals surface area contributed by atoms with Crippen molar-refractivity contribution in [2.24, 2.45) is 0 Å². The summed E-state index contributed by atoms with van der Waals surface area (Å²) in [6.07, 6.45) is 1.65. The lowest BCUT2D eigenvalue weighted by atomic mass is 10.3. The van der Waals surface area contributed by atoms with Crippen LogP contribution in [0.25, 0.3) is 0 Å². The number of nitrogens with one attached hydrogen (secondary N) is 1. The number of pyridine rings is 1. The molecule has 1 aliphatic rings. The van der Waals surface area contributed by atoms with E-state index in [0.717, 1.165) is 11.4 Å². The van der Waals surface area contributed by atoms with E-state index in [4.69, 9.17) is 0 Å². The summed E-state index contributed by atoms with van der Waals surface area (Å²) in [6.45, 7) is 0.780. The maximum absolute atomic E-state index is 13.0. The van der Waals surface area contributed by atoms with Crippen molar-refractivity contribution in [2.45, 2.75) is 18.9 Å². The third-order valence-corrected chi connectivity index (χ3v) is 2.74. The molecule has 1 aliphatic heterocycles. The molecule has 0 radical (unpaired) electrons. The van der Waals surface area contributed by atoms with Gasteiger partial charge in [-0.3, -0.25) is 9.88 Å². The van der Waals surface area contributed by atoms with E-state index in [1.807, 2.05) is 19.2 Å². The zero-order valence-corrected chi connectivity index (χ0v) is 9.21. The molecule has 0 aromatic carbocycles. The maximum Gasteiger partial charge on any atom is 0.261 e. The number of hydrogen-bond donors (Lipinski definition) is 1. The van der Waals surface area contributed by atoms with Gasteiger partial charge in [-0.15, -0.1) is 0 Å². The van der Waals surface area contributed by atoms with Crippen LogP contribution in [0, 0.1) is 0 Å². The molecule has 3 nitrogen and oxygen atoms in total. The van der Waals surface area contributed by atoms with Crippen molar-refractivity contribution in [1.82, 2.24) is 9.88 Å². The standard InChI is InChI=1S/C11H15F2N3/c1-14-9-2-4-15-10(6-9)7-16-5-3-11(12,13)8-16/h2,4,6H,3,5,7-8H2,1H3,(H,14,15). The van der Waals surface area contributed by atoms with Gasteiger partial charge in [0.25, 0.3) is 5.92 Å². The molecule has 0 saturated carbocycles. The minimum Gasteiger partial charge on any atom is -0.388 e. The van der Waals surface area contributed by atoms with Crippen LogP contribution in [0.4, 0.5) is 14.5 Å². The molecule has 0 aliphatic carbocycles. The average Bonchev–Trinajstić information content (AvgIpc) is 2.58. The van der Waals surface area contributed by atoms with Gasteiger partial charge in [-0.1, -0.05) is 0 Å². The van der Waals surface area contributed by atoms with E-state index in [1.165, 1.54) is 0 Å². The van der Waals surface area contributed by atoms with Crippen molar-refractivity contribution in [3.8, 4) is 0 Å². The van der Waals surface area contributed by atoms with Gasteiger partial charge in [0, 0.05) is 38.4 Å². The SMILES string of the molecule is CNc1ccnc(CN2CCC(F)(F)C2)c1. The predicted octanol–water partition coefficient (Wildman–Crippen LogP) is 1.96. The molecule has 0 bridgehead atoms. The number of aromatic nitrogens is 1. The Kier molecular flexibility index (Phi) is 3.05. The molecular weight excluding hydrogens is 212 g/mol. The largest absolute Gasteiger partial charge is 0.388 e. The van der Waals surface area contributed by atoms with Gasteiger partial charge in [0.05, 0.1) is 12.2 Å². The Hall–Kier alpha value is -1.23. The van der Waals surface area contributed by atoms with Gasteiger partial charge in [-0.2, -0.15) is 0 Å².